The molecule has 0 aliphatic rings. The molecular formula is C13H6BrF3N2. The molecule has 0 fully saturated rings. The molecule has 0 radical (unpaired) electrons. The standard InChI is InChI=1S/C13H6BrF3N2/c14-8-2-1-7(6-18)11(5-8)19-10-4-3-9(15)12(16)13(10)17/h1-5,19H. The van der Waals surface area contributed by atoms with Crippen LogP contribution in [0.1, 0.15) is 5.56 Å². The van der Waals surface area contributed by atoms with Gasteiger partial charge in [0.2, 0.25) is 0 Å². The van der Waals surface area contributed by atoms with Gasteiger partial charge in [-0.3, -0.25) is 0 Å². The fourth-order valence-electron chi connectivity index (χ4n) is 1.48. The molecule has 0 spiro atoms. The smallest absolute Gasteiger partial charge is 0.196 e. The summed E-state index contributed by atoms with van der Waals surface area (Å²) in [5.41, 5.74) is 0.308. The van der Waals surface area contributed by atoms with Gasteiger partial charge >= 0.3 is 0 Å². The monoisotopic (exact) mass is 326 g/mol. The molecule has 0 bridgehead atoms. The van der Waals surface area contributed by atoms with Crippen LogP contribution in [0.5, 0.6) is 0 Å². The molecule has 96 valence electrons. The first-order valence-corrected chi connectivity index (χ1v) is 5.92. The van der Waals surface area contributed by atoms with Crippen LogP contribution in [0.3, 0.4) is 0 Å². The highest BCUT2D eigenvalue weighted by atomic mass is 79.9. The maximum atomic E-state index is 13.5. The summed E-state index contributed by atoms with van der Waals surface area (Å²) in [5, 5.41) is 11.5. The van der Waals surface area contributed by atoms with Gasteiger partial charge in [0.1, 0.15) is 6.07 Å². The number of anilines is 2. The van der Waals surface area contributed by atoms with Gasteiger partial charge in [0, 0.05) is 4.47 Å². The summed E-state index contributed by atoms with van der Waals surface area (Å²) in [6.45, 7) is 0. The first-order chi connectivity index (χ1) is 9.02. The van der Waals surface area contributed by atoms with Gasteiger partial charge in [-0.1, -0.05) is 15.9 Å². The molecular weight excluding hydrogens is 321 g/mol. The van der Waals surface area contributed by atoms with Crippen LogP contribution in [0.25, 0.3) is 0 Å². The third kappa shape index (κ3) is 2.71. The molecule has 1 N–H and O–H groups in total. The lowest BCUT2D eigenvalue weighted by Gasteiger charge is -2.10. The van der Waals surface area contributed by atoms with E-state index in [0.29, 0.717) is 10.2 Å². The van der Waals surface area contributed by atoms with Crippen LogP contribution in [-0.2, 0) is 0 Å². The Hall–Kier alpha value is -2.00. The Kier molecular flexibility index (Phi) is 3.76. The first kappa shape index (κ1) is 13.4. The van der Waals surface area contributed by atoms with Gasteiger partial charge in [-0.15, -0.1) is 0 Å². The molecule has 2 rings (SSSR count). The van der Waals surface area contributed by atoms with E-state index >= 15 is 0 Å². The average Bonchev–Trinajstić information content (AvgIpc) is 2.40. The summed E-state index contributed by atoms with van der Waals surface area (Å²) in [5.74, 6) is -4.15. The lowest BCUT2D eigenvalue weighted by molar-refractivity contribution is 0.449. The highest BCUT2D eigenvalue weighted by molar-refractivity contribution is 9.10. The van der Waals surface area contributed by atoms with Crippen LogP contribution in [0, 0.1) is 28.8 Å². The normalized spacial score (nSPS) is 10.1. The minimum absolute atomic E-state index is 0.242. The third-order valence-corrected chi connectivity index (χ3v) is 2.90. The second-order valence-electron chi connectivity index (χ2n) is 3.65. The summed E-state index contributed by atoms with van der Waals surface area (Å²) in [4.78, 5) is 0. The van der Waals surface area contributed by atoms with E-state index < -0.39 is 17.5 Å². The Balaban J connectivity index is 2.45. The van der Waals surface area contributed by atoms with Gasteiger partial charge in [-0.2, -0.15) is 5.26 Å². The molecule has 2 aromatic carbocycles. The quantitative estimate of drug-likeness (QED) is 0.826. The van der Waals surface area contributed by atoms with E-state index in [1.165, 1.54) is 6.07 Å². The van der Waals surface area contributed by atoms with Crippen molar-refractivity contribution in [1.29, 1.82) is 5.26 Å². The van der Waals surface area contributed by atoms with E-state index in [-0.39, 0.29) is 11.3 Å². The zero-order valence-electron chi connectivity index (χ0n) is 9.35. The lowest BCUT2D eigenvalue weighted by atomic mass is 10.2. The molecule has 2 nitrogen and oxygen atoms in total. The number of nitrogens with zero attached hydrogens (tertiary/aromatic N) is 1. The molecule has 0 amide bonds. The van der Waals surface area contributed by atoms with Gasteiger partial charge < -0.3 is 5.32 Å². The van der Waals surface area contributed by atoms with Crippen LogP contribution in [0.2, 0.25) is 0 Å². The minimum Gasteiger partial charge on any atom is -0.352 e. The third-order valence-electron chi connectivity index (χ3n) is 2.41. The zero-order chi connectivity index (χ0) is 14.0. The maximum Gasteiger partial charge on any atom is 0.196 e. The molecule has 0 saturated carbocycles. The van der Waals surface area contributed by atoms with Gasteiger partial charge in [-0.05, 0) is 30.3 Å². The fraction of sp³-hybridized carbons (Fsp3) is 0. The predicted molar refractivity (Wildman–Crippen MR) is 68.5 cm³/mol. The Labute approximate surface area is 115 Å². The van der Waals surface area contributed by atoms with Crippen LogP contribution in [0.15, 0.2) is 34.8 Å². The van der Waals surface area contributed by atoms with Crippen molar-refractivity contribution in [1.82, 2.24) is 0 Å². The van der Waals surface area contributed by atoms with Crippen molar-refractivity contribution in [3.05, 3.63) is 57.8 Å². The summed E-state index contributed by atoms with van der Waals surface area (Å²) in [7, 11) is 0. The number of hydrogen-bond donors (Lipinski definition) is 1. The Morgan fingerprint density at radius 3 is 2.42 bits per heavy atom. The maximum absolute atomic E-state index is 13.5. The molecule has 0 aliphatic carbocycles. The summed E-state index contributed by atoms with van der Waals surface area (Å²) in [6, 6.07) is 8.49. The fourth-order valence-corrected chi connectivity index (χ4v) is 1.85. The van der Waals surface area contributed by atoms with Gasteiger partial charge in [0.15, 0.2) is 17.5 Å². The Morgan fingerprint density at radius 1 is 1.00 bits per heavy atom. The van der Waals surface area contributed by atoms with Crippen LogP contribution < -0.4 is 5.32 Å². The molecule has 2 aromatic rings. The second-order valence-corrected chi connectivity index (χ2v) is 4.57. The van der Waals surface area contributed by atoms with Crippen molar-refractivity contribution in [2.45, 2.75) is 0 Å². The summed E-state index contributed by atoms with van der Waals surface area (Å²) < 4.78 is 40.1. The number of halogens is 4. The van der Waals surface area contributed by atoms with Gasteiger partial charge in [0.25, 0.3) is 0 Å². The van der Waals surface area contributed by atoms with Gasteiger partial charge in [0.05, 0.1) is 16.9 Å². The molecule has 0 heterocycles. The van der Waals surface area contributed by atoms with Crippen molar-refractivity contribution < 1.29 is 13.2 Å². The van der Waals surface area contributed by atoms with Crippen molar-refractivity contribution in [2.24, 2.45) is 0 Å². The molecule has 0 atom stereocenters. The van der Waals surface area contributed by atoms with E-state index in [1.807, 2.05) is 6.07 Å². The lowest BCUT2D eigenvalue weighted by Crippen LogP contribution is -2.00. The number of hydrogen-bond acceptors (Lipinski definition) is 2. The second kappa shape index (κ2) is 5.33. The summed E-state index contributed by atoms with van der Waals surface area (Å²) in [6.07, 6.45) is 0. The number of benzene rings is 2. The van der Waals surface area contributed by atoms with Crippen molar-refractivity contribution in [2.75, 3.05) is 5.32 Å². The minimum atomic E-state index is -1.56. The van der Waals surface area contributed by atoms with Crippen LogP contribution >= 0.6 is 15.9 Å². The molecule has 0 saturated heterocycles. The average molecular weight is 327 g/mol. The van der Waals surface area contributed by atoms with E-state index in [4.69, 9.17) is 5.26 Å². The van der Waals surface area contributed by atoms with Crippen LogP contribution in [-0.4, -0.2) is 0 Å². The Morgan fingerprint density at radius 2 is 1.74 bits per heavy atom. The van der Waals surface area contributed by atoms with E-state index in [1.54, 1.807) is 12.1 Å². The molecule has 0 unspecified atom stereocenters. The predicted octanol–water partition coefficient (Wildman–Crippen LogP) is 4.48. The molecule has 0 aliphatic heterocycles. The zero-order valence-corrected chi connectivity index (χ0v) is 10.9. The van der Waals surface area contributed by atoms with Crippen molar-refractivity contribution in [3.63, 3.8) is 0 Å². The number of nitrogens with one attached hydrogen (secondary N) is 1. The SMILES string of the molecule is N#Cc1ccc(Br)cc1Nc1ccc(F)c(F)c1F. The van der Waals surface area contributed by atoms with Crippen molar-refractivity contribution >= 4 is 27.3 Å². The topological polar surface area (TPSA) is 35.8 Å². The van der Waals surface area contributed by atoms with E-state index in [9.17, 15) is 13.2 Å². The highest BCUT2D eigenvalue weighted by Crippen LogP contribution is 2.27. The number of rotatable bonds is 2. The van der Waals surface area contributed by atoms with Crippen LogP contribution in [0.4, 0.5) is 24.5 Å². The van der Waals surface area contributed by atoms with E-state index in [0.717, 1.165) is 12.1 Å². The number of nitriles is 1. The highest BCUT2D eigenvalue weighted by Gasteiger charge is 2.14. The Bertz CT molecular complexity index is 680. The largest absolute Gasteiger partial charge is 0.352 e. The summed E-state index contributed by atoms with van der Waals surface area (Å²) >= 11 is 3.21. The van der Waals surface area contributed by atoms with Gasteiger partial charge in [-0.25, -0.2) is 13.2 Å². The van der Waals surface area contributed by atoms with Crippen molar-refractivity contribution in [3.8, 4) is 6.07 Å². The molecule has 0 aromatic heterocycles. The van der Waals surface area contributed by atoms with E-state index in [2.05, 4.69) is 21.2 Å². The molecule has 6 heteroatoms. The molecule has 19 heavy (non-hydrogen) atoms. The first-order valence-electron chi connectivity index (χ1n) is 5.13.